The molecule has 0 saturated heterocycles. The van der Waals surface area contributed by atoms with E-state index >= 15 is 0 Å². The SMILES string of the molecule is CCC(C)(C)NC(=O)C(C)Oc1ccc(Cl)nc1. The van der Waals surface area contributed by atoms with Gasteiger partial charge in [-0.15, -0.1) is 0 Å². The highest BCUT2D eigenvalue weighted by Gasteiger charge is 2.22. The largest absolute Gasteiger partial charge is 0.479 e. The molecule has 0 saturated carbocycles. The van der Waals surface area contributed by atoms with Crippen molar-refractivity contribution in [2.45, 2.75) is 45.8 Å². The Bertz CT molecular complexity index is 404. The molecule has 0 bridgehead atoms. The van der Waals surface area contributed by atoms with Crippen molar-refractivity contribution in [2.75, 3.05) is 0 Å². The zero-order chi connectivity index (χ0) is 13.8. The molecule has 0 aliphatic carbocycles. The van der Waals surface area contributed by atoms with E-state index in [-0.39, 0.29) is 11.4 Å². The molecule has 5 heteroatoms. The predicted octanol–water partition coefficient (Wildman–Crippen LogP) is 2.81. The van der Waals surface area contributed by atoms with Crippen molar-refractivity contribution in [1.82, 2.24) is 10.3 Å². The number of hydrogen-bond acceptors (Lipinski definition) is 3. The number of nitrogens with one attached hydrogen (secondary N) is 1. The molecule has 18 heavy (non-hydrogen) atoms. The van der Waals surface area contributed by atoms with Gasteiger partial charge in [0.05, 0.1) is 6.20 Å². The number of halogens is 1. The smallest absolute Gasteiger partial charge is 0.261 e. The van der Waals surface area contributed by atoms with Crippen LogP contribution in [0.1, 0.15) is 34.1 Å². The molecule has 1 amide bonds. The Balaban J connectivity index is 2.57. The van der Waals surface area contributed by atoms with E-state index < -0.39 is 6.10 Å². The molecule has 1 aromatic heterocycles. The average Bonchev–Trinajstić information content (AvgIpc) is 2.31. The molecule has 0 aliphatic heterocycles. The standard InChI is InChI=1S/C13H19ClN2O2/c1-5-13(3,4)16-12(17)9(2)18-10-6-7-11(14)15-8-10/h6-9H,5H2,1-4H3,(H,16,17). The number of nitrogens with zero attached hydrogens (tertiary/aromatic N) is 1. The number of hydrogen-bond donors (Lipinski definition) is 1. The molecule has 0 radical (unpaired) electrons. The van der Waals surface area contributed by atoms with Crippen LogP contribution in [-0.2, 0) is 4.79 Å². The van der Waals surface area contributed by atoms with Crippen LogP contribution in [-0.4, -0.2) is 22.5 Å². The lowest BCUT2D eigenvalue weighted by molar-refractivity contribution is -0.128. The minimum Gasteiger partial charge on any atom is -0.479 e. The molecule has 1 aromatic rings. The lowest BCUT2D eigenvalue weighted by Gasteiger charge is -2.26. The first kappa shape index (κ1) is 14.8. The molecule has 100 valence electrons. The highest BCUT2D eigenvalue weighted by atomic mass is 35.5. The molecule has 1 N–H and O–H groups in total. The van der Waals surface area contributed by atoms with Gasteiger partial charge in [0.25, 0.3) is 5.91 Å². The zero-order valence-corrected chi connectivity index (χ0v) is 11.9. The summed E-state index contributed by atoms with van der Waals surface area (Å²) in [5, 5.41) is 3.32. The van der Waals surface area contributed by atoms with E-state index in [1.165, 1.54) is 6.20 Å². The number of rotatable bonds is 5. The Hall–Kier alpha value is -1.29. The first-order chi connectivity index (χ1) is 8.34. The summed E-state index contributed by atoms with van der Waals surface area (Å²) in [7, 11) is 0. The Morgan fingerprint density at radius 1 is 1.56 bits per heavy atom. The first-order valence-electron chi connectivity index (χ1n) is 5.94. The number of amides is 1. The van der Waals surface area contributed by atoms with Crippen LogP contribution < -0.4 is 10.1 Å². The van der Waals surface area contributed by atoms with Gasteiger partial charge in [-0.1, -0.05) is 18.5 Å². The van der Waals surface area contributed by atoms with Gasteiger partial charge in [0.2, 0.25) is 0 Å². The van der Waals surface area contributed by atoms with Crippen molar-refractivity contribution in [3.8, 4) is 5.75 Å². The second kappa shape index (κ2) is 6.05. The Kier molecular flexibility index (Phi) is 4.96. The van der Waals surface area contributed by atoms with Gasteiger partial charge < -0.3 is 10.1 Å². The normalized spacial score (nSPS) is 12.9. The lowest BCUT2D eigenvalue weighted by Crippen LogP contribution is -2.48. The van der Waals surface area contributed by atoms with E-state index in [4.69, 9.17) is 16.3 Å². The second-order valence-electron chi connectivity index (χ2n) is 4.80. The van der Waals surface area contributed by atoms with Crippen molar-refractivity contribution in [2.24, 2.45) is 0 Å². The van der Waals surface area contributed by atoms with E-state index in [9.17, 15) is 4.79 Å². The minimum atomic E-state index is -0.571. The molecule has 1 atom stereocenters. The van der Waals surface area contributed by atoms with Crippen LogP contribution in [0.25, 0.3) is 0 Å². The molecule has 1 heterocycles. The maximum atomic E-state index is 11.9. The second-order valence-corrected chi connectivity index (χ2v) is 5.19. The highest BCUT2D eigenvalue weighted by Crippen LogP contribution is 2.14. The van der Waals surface area contributed by atoms with E-state index in [2.05, 4.69) is 10.3 Å². The quantitative estimate of drug-likeness (QED) is 0.837. The minimum absolute atomic E-state index is 0.142. The highest BCUT2D eigenvalue weighted by molar-refractivity contribution is 6.29. The van der Waals surface area contributed by atoms with Crippen LogP contribution in [0.4, 0.5) is 0 Å². The molecular formula is C13H19ClN2O2. The molecule has 0 fully saturated rings. The van der Waals surface area contributed by atoms with Gasteiger partial charge in [0.1, 0.15) is 10.9 Å². The molecule has 1 unspecified atom stereocenters. The molecule has 0 spiro atoms. The van der Waals surface area contributed by atoms with Crippen LogP contribution in [0.2, 0.25) is 5.15 Å². The van der Waals surface area contributed by atoms with Gasteiger partial charge >= 0.3 is 0 Å². The third-order valence-corrected chi connectivity index (χ3v) is 2.95. The topological polar surface area (TPSA) is 51.2 Å². The van der Waals surface area contributed by atoms with Crippen LogP contribution in [0.15, 0.2) is 18.3 Å². The number of carbonyl (C=O) groups excluding carboxylic acids is 1. The summed E-state index contributed by atoms with van der Waals surface area (Å²) in [6.07, 6.45) is 1.78. The van der Waals surface area contributed by atoms with Crippen molar-refractivity contribution >= 4 is 17.5 Å². The molecule has 0 aromatic carbocycles. The van der Waals surface area contributed by atoms with Crippen LogP contribution in [0, 0.1) is 0 Å². The monoisotopic (exact) mass is 270 g/mol. The van der Waals surface area contributed by atoms with E-state index in [1.807, 2.05) is 20.8 Å². The van der Waals surface area contributed by atoms with Gasteiger partial charge in [0.15, 0.2) is 6.10 Å². The van der Waals surface area contributed by atoms with Crippen molar-refractivity contribution < 1.29 is 9.53 Å². The van der Waals surface area contributed by atoms with Crippen LogP contribution in [0.3, 0.4) is 0 Å². The van der Waals surface area contributed by atoms with Crippen molar-refractivity contribution in [3.05, 3.63) is 23.5 Å². The van der Waals surface area contributed by atoms with Crippen molar-refractivity contribution in [3.63, 3.8) is 0 Å². The molecule has 1 rings (SSSR count). The fourth-order valence-corrected chi connectivity index (χ4v) is 1.32. The predicted molar refractivity (Wildman–Crippen MR) is 71.8 cm³/mol. The van der Waals surface area contributed by atoms with Gasteiger partial charge in [-0.25, -0.2) is 4.98 Å². The van der Waals surface area contributed by atoms with Gasteiger partial charge in [-0.2, -0.15) is 0 Å². The summed E-state index contributed by atoms with van der Waals surface area (Å²) in [5.74, 6) is 0.383. The lowest BCUT2D eigenvalue weighted by atomic mass is 10.0. The maximum absolute atomic E-state index is 11.9. The van der Waals surface area contributed by atoms with Gasteiger partial charge in [-0.3, -0.25) is 4.79 Å². The van der Waals surface area contributed by atoms with Crippen LogP contribution >= 0.6 is 11.6 Å². The Labute approximate surface area is 113 Å². The van der Waals surface area contributed by atoms with Crippen molar-refractivity contribution in [1.29, 1.82) is 0 Å². The summed E-state index contributed by atoms with van der Waals surface area (Å²) < 4.78 is 5.49. The number of aromatic nitrogens is 1. The van der Waals surface area contributed by atoms with E-state index in [0.717, 1.165) is 6.42 Å². The average molecular weight is 271 g/mol. The first-order valence-corrected chi connectivity index (χ1v) is 6.32. The third-order valence-electron chi connectivity index (χ3n) is 2.73. The zero-order valence-electron chi connectivity index (χ0n) is 11.2. The summed E-state index contributed by atoms with van der Waals surface area (Å²) in [4.78, 5) is 15.8. The van der Waals surface area contributed by atoms with Gasteiger partial charge in [0, 0.05) is 5.54 Å². The summed E-state index contributed by atoms with van der Waals surface area (Å²) in [6, 6.07) is 3.31. The van der Waals surface area contributed by atoms with E-state index in [1.54, 1.807) is 19.1 Å². The van der Waals surface area contributed by atoms with E-state index in [0.29, 0.717) is 10.9 Å². The summed E-state index contributed by atoms with van der Waals surface area (Å²) in [6.45, 7) is 7.67. The third kappa shape index (κ3) is 4.53. The maximum Gasteiger partial charge on any atom is 0.261 e. The number of ether oxygens (including phenoxy) is 1. The number of carbonyl (C=O) groups is 1. The molecular weight excluding hydrogens is 252 g/mol. The summed E-state index contributed by atoms with van der Waals surface area (Å²) >= 11 is 5.67. The Morgan fingerprint density at radius 2 is 2.22 bits per heavy atom. The summed E-state index contributed by atoms with van der Waals surface area (Å²) in [5.41, 5.74) is -0.229. The van der Waals surface area contributed by atoms with Gasteiger partial charge in [-0.05, 0) is 39.3 Å². The van der Waals surface area contributed by atoms with Crippen LogP contribution in [0.5, 0.6) is 5.75 Å². The molecule has 4 nitrogen and oxygen atoms in total. The fraction of sp³-hybridized carbons (Fsp3) is 0.538. The fourth-order valence-electron chi connectivity index (χ4n) is 1.21. The Morgan fingerprint density at radius 3 is 2.72 bits per heavy atom. The number of pyridine rings is 1. The molecule has 0 aliphatic rings.